The highest BCUT2D eigenvalue weighted by molar-refractivity contribution is 9.10. The zero-order chi connectivity index (χ0) is 9.84. The lowest BCUT2D eigenvalue weighted by molar-refractivity contribution is -0.118. The van der Waals surface area contributed by atoms with E-state index >= 15 is 0 Å². The number of carbonyl (C=O) groups excluding carboxylic acids is 1. The number of Topliss-reactive ketones (excluding diaryl/α,β-unsaturated/α-hetero) is 1. The van der Waals surface area contributed by atoms with Crippen LogP contribution in [-0.2, 0) is 11.2 Å². The number of rotatable bonds is 3. The molecule has 0 bridgehead atoms. The molecule has 13 heavy (non-hydrogen) atoms. The Hall–Kier alpha value is -0.630. The van der Waals surface area contributed by atoms with Crippen LogP contribution in [0.15, 0.2) is 22.7 Å². The normalized spacial score (nSPS) is 10.1. The highest BCUT2D eigenvalue weighted by Gasteiger charge is 2.02. The van der Waals surface area contributed by atoms with Gasteiger partial charge in [-0.2, -0.15) is 0 Å². The molecule has 0 radical (unpaired) electrons. The third-order valence-electron chi connectivity index (χ3n) is 2.03. The molecule has 1 aromatic carbocycles. The van der Waals surface area contributed by atoms with Crippen LogP contribution in [0, 0.1) is 6.92 Å². The Kier molecular flexibility index (Phi) is 3.67. The van der Waals surface area contributed by atoms with Crippen molar-refractivity contribution in [3.63, 3.8) is 0 Å². The summed E-state index contributed by atoms with van der Waals surface area (Å²) in [6.45, 7) is 3.93. The van der Waals surface area contributed by atoms with Gasteiger partial charge in [0.05, 0.1) is 0 Å². The Morgan fingerprint density at radius 3 is 2.69 bits per heavy atom. The summed E-state index contributed by atoms with van der Waals surface area (Å²) in [5.41, 5.74) is 2.29. The average molecular weight is 241 g/mol. The van der Waals surface area contributed by atoms with Gasteiger partial charge in [-0.3, -0.25) is 4.79 Å². The number of hydrogen-bond acceptors (Lipinski definition) is 1. The van der Waals surface area contributed by atoms with Crippen LogP contribution in [0.4, 0.5) is 0 Å². The third kappa shape index (κ3) is 2.96. The van der Waals surface area contributed by atoms with Crippen molar-refractivity contribution < 1.29 is 4.79 Å². The van der Waals surface area contributed by atoms with Crippen molar-refractivity contribution in [2.24, 2.45) is 0 Å². The Morgan fingerprint density at radius 2 is 2.15 bits per heavy atom. The first-order valence-electron chi connectivity index (χ1n) is 4.40. The van der Waals surface area contributed by atoms with Gasteiger partial charge in [0, 0.05) is 17.3 Å². The summed E-state index contributed by atoms with van der Waals surface area (Å²) < 4.78 is 1.08. The van der Waals surface area contributed by atoms with Crippen LogP contribution >= 0.6 is 15.9 Å². The lowest BCUT2D eigenvalue weighted by Crippen LogP contribution is -2.00. The molecule has 0 saturated carbocycles. The minimum atomic E-state index is 0.288. The molecule has 1 aromatic rings. The molecule has 0 aliphatic rings. The van der Waals surface area contributed by atoms with Crippen LogP contribution in [0.3, 0.4) is 0 Å². The molecular weight excluding hydrogens is 228 g/mol. The van der Waals surface area contributed by atoms with E-state index in [-0.39, 0.29) is 5.78 Å². The quantitative estimate of drug-likeness (QED) is 0.793. The highest BCUT2D eigenvalue weighted by atomic mass is 79.9. The van der Waals surface area contributed by atoms with Crippen molar-refractivity contribution in [2.75, 3.05) is 0 Å². The van der Waals surface area contributed by atoms with E-state index in [0.29, 0.717) is 12.8 Å². The zero-order valence-corrected chi connectivity index (χ0v) is 9.52. The Labute approximate surface area is 87.3 Å². The molecule has 1 rings (SSSR count). The zero-order valence-electron chi connectivity index (χ0n) is 7.93. The van der Waals surface area contributed by atoms with Crippen molar-refractivity contribution >= 4 is 21.7 Å². The molecule has 1 nitrogen and oxygen atoms in total. The first-order valence-corrected chi connectivity index (χ1v) is 5.19. The molecule has 0 amide bonds. The van der Waals surface area contributed by atoms with E-state index in [2.05, 4.69) is 15.9 Å². The van der Waals surface area contributed by atoms with Crippen molar-refractivity contribution in [1.82, 2.24) is 0 Å². The standard InChI is InChI=1S/C11H13BrO/c1-3-10(13)6-9-5-4-8(2)11(12)7-9/h4-5,7H,3,6H2,1-2H3. The van der Waals surface area contributed by atoms with Gasteiger partial charge in [0.1, 0.15) is 5.78 Å². The third-order valence-corrected chi connectivity index (χ3v) is 2.89. The van der Waals surface area contributed by atoms with Gasteiger partial charge < -0.3 is 0 Å². The van der Waals surface area contributed by atoms with E-state index in [1.807, 2.05) is 32.0 Å². The fraction of sp³-hybridized carbons (Fsp3) is 0.364. The molecule has 0 saturated heterocycles. The summed E-state index contributed by atoms with van der Waals surface area (Å²) in [7, 11) is 0. The Balaban J connectivity index is 2.79. The highest BCUT2D eigenvalue weighted by Crippen LogP contribution is 2.17. The van der Waals surface area contributed by atoms with Crippen molar-refractivity contribution in [2.45, 2.75) is 26.7 Å². The molecule has 0 fully saturated rings. The second-order valence-electron chi connectivity index (χ2n) is 3.15. The van der Waals surface area contributed by atoms with Crippen molar-refractivity contribution in [3.8, 4) is 0 Å². The van der Waals surface area contributed by atoms with Gasteiger partial charge in [-0.05, 0) is 24.1 Å². The van der Waals surface area contributed by atoms with Gasteiger partial charge >= 0.3 is 0 Å². The fourth-order valence-corrected chi connectivity index (χ4v) is 1.53. The molecule has 0 aliphatic heterocycles. The summed E-state index contributed by atoms with van der Waals surface area (Å²) in [4.78, 5) is 11.2. The van der Waals surface area contributed by atoms with E-state index < -0.39 is 0 Å². The summed E-state index contributed by atoms with van der Waals surface area (Å²) in [5, 5.41) is 0. The molecule has 0 spiro atoms. The lowest BCUT2D eigenvalue weighted by Gasteiger charge is -2.02. The summed E-state index contributed by atoms with van der Waals surface area (Å²) in [5.74, 6) is 0.288. The maximum Gasteiger partial charge on any atom is 0.136 e. The van der Waals surface area contributed by atoms with Crippen LogP contribution in [0.25, 0.3) is 0 Å². The molecule has 2 heteroatoms. The SMILES string of the molecule is CCC(=O)Cc1ccc(C)c(Br)c1. The van der Waals surface area contributed by atoms with Crippen LogP contribution < -0.4 is 0 Å². The fourth-order valence-electron chi connectivity index (χ4n) is 1.10. The van der Waals surface area contributed by atoms with Gasteiger partial charge in [-0.15, -0.1) is 0 Å². The van der Waals surface area contributed by atoms with Gasteiger partial charge in [-0.25, -0.2) is 0 Å². The number of ketones is 1. The largest absolute Gasteiger partial charge is 0.299 e. The molecule has 0 heterocycles. The molecule has 0 aromatic heterocycles. The number of aryl methyl sites for hydroxylation is 1. The van der Waals surface area contributed by atoms with Crippen LogP contribution in [0.2, 0.25) is 0 Å². The minimum Gasteiger partial charge on any atom is -0.299 e. The van der Waals surface area contributed by atoms with Crippen molar-refractivity contribution in [3.05, 3.63) is 33.8 Å². The maximum absolute atomic E-state index is 11.2. The summed E-state index contributed by atoms with van der Waals surface area (Å²) in [6, 6.07) is 6.05. The molecule has 0 unspecified atom stereocenters. The average Bonchev–Trinajstić information content (AvgIpc) is 2.11. The summed E-state index contributed by atoms with van der Waals surface area (Å²) >= 11 is 3.45. The van der Waals surface area contributed by atoms with E-state index in [1.165, 1.54) is 5.56 Å². The number of hydrogen-bond donors (Lipinski definition) is 0. The van der Waals surface area contributed by atoms with E-state index in [1.54, 1.807) is 0 Å². The monoisotopic (exact) mass is 240 g/mol. The van der Waals surface area contributed by atoms with E-state index in [9.17, 15) is 4.79 Å². The lowest BCUT2D eigenvalue weighted by atomic mass is 10.1. The van der Waals surface area contributed by atoms with Crippen LogP contribution in [-0.4, -0.2) is 5.78 Å². The second kappa shape index (κ2) is 4.56. The number of halogens is 1. The van der Waals surface area contributed by atoms with Gasteiger partial charge in [-0.1, -0.05) is 35.0 Å². The van der Waals surface area contributed by atoms with E-state index in [4.69, 9.17) is 0 Å². The molecule has 0 aliphatic carbocycles. The second-order valence-corrected chi connectivity index (χ2v) is 4.01. The first kappa shape index (κ1) is 10.5. The number of carbonyl (C=O) groups is 1. The van der Waals surface area contributed by atoms with Crippen LogP contribution in [0.5, 0.6) is 0 Å². The van der Waals surface area contributed by atoms with Gasteiger partial charge in [0.25, 0.3) is 0 Å². The molecule has 0 N–H and O–H groups in total. The van der Waals surface area contributed by atoms with Gasteiger partial charge in [0.15, 0.2) is 0 Å². The Bertz CT molecular complexity index is 318. The van der Waals surface area contributed by atoms with Crippen molar-refractivity contribution in [1.29, 1.82) is 0 Å². The molecule has 70 valence electrons. The summed E-state index contributed by atoms with van der Waals surface area (Å²) in [6.07, 6.45) is 1.17. The number of benzene rings is 1. The Morgan fingerprint density at radius 1 is 1.46 bits per heavy atom. The van der Waals surface area contributed by atoms with Gasteiger partial charge in [0.2, 0.25) is 0 Å². The predicted molar refractivity (Wildman–Crippen MR) is 57.9 cm³/mol. The predicted octanol–water partition coefficient (Wildman–Crippen LogP) is 3.28. The molecule has 0 atom stereocenters. The first-order chi connectivity index (χ1) is 6.13. The minimum absolute atomic E-state index is 0.288. The molecular formula is C11H13BrO. The smallest absolute Gasteiger partial charge is 0.136 e. The maximum atomic E-state index is 11.2. The van der Waals surface area contributed by atoms with E-state index in [0.717, 1.165) is 10.0 Å². The topological polar surface area (TPSA) is 17.1 Å². The van der Waals surface area contributed by atoms with Crippen LogP contribution in [0.1, 0.15) is 24.5 Å².